The number of hydrogen-bond donors (Lipinski definition) is 1. The third-order valence-electron chi connectivity index (χ3n) is 2.56. The summed E-state index contributed by atoms with van der Waals surface area (Å²) in [5.74, 6) is -0.777. The third-order valence-corrected chi connectivity index (χ3v) is 3.19. The van der Waals surface area contributed by atoms with Gasteiger partial charge in [0.25, 0.3) is 0 Å². The molecule has 5 heteroatoms. The minimum Gasteiger partial charge on any atom is -0.505 e. The monoisotopic (exact) mass is 307 g/mol. The number of oxazole rings is 1. The van der Waals surface area contributed by atoms with Crippen LogP contribution in [0, 0.1) is 5.82 Å². The molecule has 0 radical (unpaired) electrons. The molecule has 1 heterocycles. The molecule has 1 aromatic heterocycles. The van der Waals surface area contributed by atoms with E-state index in [1.807, 2.05) is 18.2 Å². The number of para-hydroxylation sites is 1. The van der Waals surface area contributed by atoms with E-state index in [-0.39, 0.29) is 0 Å². The van der Waals surface area contributed by atoms with E-state index in [1.165, 1.54) is 12.1 Å². The van der Waals surface area contributed by atoms with Gasteiger partial charge in [-0.25, -0.2) is 9.37 Å². The Bertz CT molecular complexity index is 739. The summed E-state index contributed by atoms with van der Waals surface area (Å²) in [4.78, 5) is 4.27. The number of nitrogens with zero attached hydrogens (tertiary/aromatic N) is 1. The van der Waals surface area contributed by atoms with Gasteiger partial charge >= 0.3 is 0 Å². The summed E-state index contributed by atoms with van der Waals surface area (Å²) < 4.78 is 19.6. The number of hydrogen-bond acceptors (Lipinski definition) is 3. The van der Waals surface area contributed by atoms with Gasteiger partial charge < -0.3 is 9.52 Å². The first-order valence-electron chi connectivity index (χ1n) is 5.19. The Balaban J connectivity index is 2.19. The van der Waals surface area contributed by atoms with Gasteiger partial charge in [-0.3, -0.25) is 0 Å². The lowest BCUT2D eigenvalue weighted by Crippen LogP contribution is -1.80. The standard InChI is InChI=1S/C13H7BrFNO2/c14-8-2-1-3-10-12(8)18-13(16-10)7-4-5-11(17)9(15)6-7/h1-6,17H. The SMILES string of the molecule is Oc1ccc(-c2nc3cccc(Br)c3o2)cc1F. The molecule has 0 bridgehead atoms. The predicted molar refractivity (Wildman–Crippen MR) is 68.8 cm³/mol. The van der Waals surface area contributed by atoms with Crippen molar-refractivity contribution in [1.29, 1.82) is 0 Å². The summed E-state index contributed by atoms with van der Waals surface area (Å²) in [6.07, 6.45) is 0. The van der Waals surface area contributed by atoms with Crippen LogP contribution in [0.1, 0.15) is 0 Å². The van der Waals surface area contributed by atoms with Crippen molar-refractivity contribution >= 4 is 27.0 Å². The predicted octanol–water partition coefficient (Wildman–Crippen LogP) is 4.10. The fourth-order valence-corrected chi connectivity index (χ4v) is 2.12. The molecule has 0 unspecified atom stereocenters. The Morgan fingerprint density at radius 3 is 2.78 bits per heavy atom. The molecule has 0 saturated heterocycles. The van der Waals surface area contributed by atoms with Crippen molar-refractivity contribution < 1.29 is 13.9 Å². The van der Waals surface area contributed by atoms with Crippen molar-refractivity contribution in [2.75, 3.05) is 0 Å². The van der Waals surface area contributed by atoms with Gasteiger partial charge in [0.1, 0.15) is 5.52 Å². The Morgan fingerprint density at radius 2 is 2.06 bits per heavy atom. The first-order valence-corrected chi connectivity index (χ1v) is 5.98. The molecule has 3 nitrogen and oxygen atoms in total. The average molecular weight is 308 g/mol. The van der Waals surface area contributed by atoms with E-state index < -0.39 is 11.6 Å². The van der Waals surface area contributed by atoms with E-state index in [1.54, 1.807) is 6.07 Å². The molecule has 18 heavy (non-hydrogen) atoms. The topological polar surface area (TPSA) is 46.3 Å². The van der Waals surface area contributed by atoms with Crippen LogP contribution in [0.3, 0.4) is 0 Å². The molecule has 0 aliphatic rings. The van der Waals surface area contributed by atoms with Crippen molar-refractivity contribution in [1.82, 2.24) is 4.98 Å². The van der Waals surface area contributed by atoms with E-state index >= 15 is 0 Å². The lowest BCUT2D eigenvalue weighted by atomic mass is 10.2. The van der Waals surface area contributed by atoms with E-state index in [2.05, 4.69) is 20.9 Å². The summed E-state index contributed by atoms with van der Waals surface area (Å²) in [6.45, 7) is 0. The Kier molecular flexibility index (Phi) is 2.56. The number of aromatic hydroxyl groups is 1. The first-order chi connectivity index (χ1) is 8.65. The maximum atomic E-state index is 13.3. The summed E-state index contributed by atoms with van der Waals surface area (Å²) in [5.41, 5.74) is 1.78. The number of halogens is 2. The van der Waals surface area contributed by atoms with Crippen LogP contribution in [0.15, 0.2) is 45.3 Å². The highest BCUT2D eigenvalue weighted by molar-refractivity contribution is 9.10. The van der Waals surface area contributed by atoms with Crippen LogP contribution in [0.4, 0.5) is 4.39 Å². The van der Waals surface area contributed by atoms with Gasteiger partial charge in [-0.05, 0) is 46.3 Å². The fraction of sp³-hybridized carbons (Fsp3) is 0. The number of rotatable bonds is 1. The maximum absolute atomic E-state index is 13.3. The Labute approximate surface area is 110 Å². The average Bonchev–Trinajstić information content (AvgIpc) is 2.78. The number of fused-ring (bicyclic) bond motifs is 1. The van der Waals surface area contributed by atoms with Crippen molar-refractivity contribution in [3.05, 3.63) is 46.7 Å². The van der Waals surface area contributed by atoms with Crippen LogP contribution in [0.2, 0.25) is 0 Å². The second kappa shape index (κ2) is 4.10. The normalized spacial score (nSPS) is 11.0. The van der Waals surface area contributed by atoms with Gasteiger partial charge in [-0.1, -0.05) is 6.07 Å². The Hall–Kier alpha value is -1.88. The molecule has 0 aliphatic carbocycles. The molecule has 1 N–H and O–H groups in total. The van der Waals surface area contributed by atoms with E-state index in [9.17, 15) is 4.39 Å². The molecule has 3 aromatic rings. The third kappa shape index (κ3) is 1.76. The van der Waals surface area contributed by atoms with Crippen molar-refractivity contribution in [2.45, 2.75) is 0 Å². The van der Waals surface area contributed by atoms with Gasteiger partial charge in [0, 0.05) is 5.56 Å². The molecule has 0 spiro atoms. The minimum absolute atomic E-state index is 0.316. The lowest BCUT2D eigenvalue weighted by molar-refractivity contribution is 0.432. The van der Waals surface area contributed by atoms with Crippen LogP contribution in [-0.4, -0.2) is 10.1 Å². The molecule has 90 valence electrons. The largest absolute Gasteiger partial charge is 0.505 e. The van der Waals surface area contributed by atoms with Crippen LogP contribution in [0.5, 0.6) is 5.75 Å². The van der Waals surface area contributed by atoms with Crippen LogP contribution >= 0.6 is 15.9 Å². The first kappa shape index (κ1) is 11.2. The molecule has 0 amide bonds. The second-order valence-corrected chi connectivity index (χ2v) is 4.63. The minimum atomic E-state index is -0.700. The molecular formula is C13H7BrFNO2. The van der Waals surface area contributed by atoms with Crippen LogP contribution in [0.25, 0.3) is 22.6 Å². The summed E-state index contributed by atoms with van der Waals surface area (Å²) in [6, 6.07) is 9.51. The zero-order chi connectivity index (χ0) is 12.7. The van der Waals surface area contributed by atoms with Crippen molar-refractivity contribution in [2.24, 2.45) is 0 Å². The van der Waals surface area contributed by atoms with Gasteiger partial charge in [0.2, 0.25) is 5.89 Å². The van der Waals surface area contributed by atoms with Gasteiger partial charge in [0.05, 0.1) is 4.47 Å². The molecule has 0 fully saturated rings. The van der Waals surface area contributed by atoms with Crippen molar-refractivity contribution in [3.63, 3.8) is 0 Å². The van der Waals surface area contributed by atoms with Crippen molar-refractivity contribution in [3.8, 4) is 17.2 Å². The molecule has 0 saturated carbocycles. The smallest absolute Gasteiger partial charge is 0.227 e. The highest BCUT2D eigenvalue weighted by Crippen LogP contribution is 2.30. The van der Waals surface area contributed by atoms with Gasteiger partial charge in [-0.2, -0.15) is 0 Å². The zero-order valence-electron chi connectivity index (χ0n) is 9.02. The summed E-state index contributed by atoms with van der Waals surface area (Å²) in [7, 11) is 0. The second-order valence-electron chi connectivity index (χ2n) is 3.77. The number of phenols is 1. The van der Waals surface area contributed by atoms with Crippen LogP contribution in [-0.2, 0) is 0 Å². The van der Waals surface area contributed by atoms with E-state index in [0.717, 1.165) is 4.47 Å². The van der Waals surface area contributed by atoms with E-state index in [0.29, 0.717) is 22.6 Å². The zero-order valence-corrected chi connectivity index (χ0v) is 10.6. The summed E-state index contributed by atoms with van der Waals surface area (Å²) >= 11 is 3.36. The quantitative estimate of drug-likeness (QED) is 0.736. The number of aromatic nitrogens is 1. The Morgan fingerprint density at radius 1 is 1.22 bits per heavy atom. The number of benzene rings is 2. The molecule has 0 aliphatic heterocycles. The molecule has 3 rings (SSSR count). The van der Waals surface area contributed by atoms with Crippen LogP contribution < -0.4 is 0 Å². The molecular weight excluding hydrogens is 301 g/mol. The molecule has 0 atom stereocenters. The fourth-order valence-electron chi connectivity index (χ4n) is 1.68. The highest BCUT2D eigenvalue weighted by Gasteiger charge is 2.12. The van der Waals surface area contributed by atoms with Gasteiger partial charge in [0.15, 0.2) is 17.1 Å². The molecule has 2 aromatic carbocycles. The number of phenolic OH excluding ortho intramolecular Hbond substituents is 1. The highest BCUT2D eigenvalue weighted by atomic mass is 79.9. The van der Waals surface area contributed by atoms with E-state index in [4.69, 9.17) is 9.52 Å². The van der Waals surface area contributed by atoms with Gasteiger partial charge in [-0.15, -0.1) is 0 Å². The lowest BCUT2D eigenvalue weighted by Gasteiger charge is -1.97. The summed E-state index contributed by atoms with van der Waals surface area (Å²) in [5, 5.41) is 9.14. The maximum Gasteiger partial charge on any atom is 0.227 e.